The van der Waals surface area contributed by atoms with Gasteiger partial charge in [0.15, 0.2) is 13.4 Å². The van der Waals surface area contributed by atoms with Crippen LogP contribution in [0.1, 0.15) is 11.1 Å². The Bertz CT molecular complexity index is 548. The molecule has 9 heteroatoms. The van der Waals surface area contributed by atoms with Gasteiger partial charge in [-0.25, -0.2) is 9.18 Å². The van der Waals surface area contributed by atoms with Gasteiger partial charge in [-0.15, -0.1) is 0 Å². The summed E-state index contributed by atoms with van der Waals surface area (Å²) in [5.41, 5.74) is 1.04. The molecule has 0 aromatic heterocycles. The second kappa shape index (κ2) is 6.82. The first-order valence-electron chi connectivity index (χ1n) is 6.34. The number of rotatable bonds is 4. The number of ether oxygens (including phenoxy) is 3. The molecule has 122 valence electrons. The van der Waals surface area contributed by atoms with Crippen LogP contribution in [0.25, 0.3) is 0 Å². The molecule has 0 unspecified atom stereocenters. The third-order valence-electron chi connectivity index (χ3n) is 2.78. The summed E-state index contributed by atoms with van der Waals surface area (Å²) < 4.78 is 63.3. The van der Waals surface area contributed by atoms with Crippen LogP contribution < -0.4 is 10.1 Å². The topological polar surface area (TPSA) is 56.8 Å². The number of nitrogens with one attached hydrogen (secondary N) is 1. The highest BCUT2D eigenvalue weighted by Crippen LogP contribution is 2.29. The zero-order valence-electron chi connectivity index (χ0n) is 11.3. The first-order chi connectivity index (χ1) is 10.3. The Balaban J connectivity index is 1.87. The van der Waals surface area contributed by atoms with Crippen molar-refractivity contribution in [2.45, 2.75) is 19.2 Å². The molecule has 1 aromatic rings. The smallest absolute Gasteiger partial charge is 0.422 e. The fourth-order valence-electron chi connectivity index (χ4n) is 1.94. The van der Waals surface area contributed by atoms with Gasteiger partial charge in [-0.05, 0) is 24.1 Å². The largest absolute Gasteiger partial charge is 0.467 e. The number of halogens is 4. The molecule has 1 aromatic carbocycles. The fourth-order valence-corrected chi connectivity index (χ4v) is 1.94. The van der Waals surface area contributed by atoms with Crippen molar-refractivity contribution in [2.75, 3.05) is 19.9 Å². The molecule has 2 rings (SSSR count). The van der Waals surface area contributed by atoms with Crippen molar-refractivity contribution in [3.05, 3.63) is 29.1 Å². The quantitative estimate of drug-likeness (QED) is 0.865. The van der Waals surface area contributed by atoms with Crippen LogP contribution in [0, 0.1) is 5.82 Å². The summed E-state index contributed by atoms with van der Waals surface area (Å²) in [6.07, 6.45) is -5.58. The monoisotopic (exact) mass is 323 g/mol. The van der Waals surface area contributed by atoms with E-state index in [0.29, 0.717) is 16.9 Å². The molecule has 0 aliphatic carbocycles. The number of hydrogen-bond donors (Lipinski definition) is 1. The number of carbonyl (C=O) groups excluding carboxylic acids is 1. The first kappa shape index (κ1) is 16.3. The molecule has 22 heavy (non-hydrogen) atoms. The maximum absolute atomic E-state index is 13.4. The Morgan fingerprint density at radius 1 is 1.36 bits per heavy atom. The van der Waals surface area contributed by atoms with Crippen LogP contribution in [-0.2, 0) is 22.5 Å². The number of hydrogen-bond acceptors (Lipinski definition) is 4. The predicted octanol–water partition coefficient (Wildman–Crippen LogP) is 2.52. The average molecular weight is 323 g/mol. The first-order valence-corrected chi connectivity index (χ1v) is 6.34. The van der Waals surface area contributed by atoms with Crippen molar-refractivity contribution in [2.24, 2.45) is 0 Å². The van der Waals surface area contributed by atoms with E-state index >= 15 is 0 Å². The maximum Gasteiger partial charge on any atom is 0.422 e. The van der Waals surface area contributed by atoms with Crippen LogP contribution in [0.5, 0.6) is 5.75 Å². The van der Waals surface area contributed by atoms with Gasteiger partial charge < -0.3 is 19.5 Å². The minimum absolute atomic E-state index is 0.0171. The van der Waals surface area contributed by atoms with Gasteiger partial charge in [-0.3, -0.25) is 0 Å². The molecule has 0 saturated carbocycles. The minimum atomic E-state index is -4.58. The van der Waals surface area contributed by atoms with E-state index in [-0.39, 0.29) is 26.4 Å². The van der Waals surface area contributed by atoms with E-state index in [1.54, 1.807) is 0 Å². The summed E-state index contributed by atoms with van der Waals surface area (Å²) in [5.74, 6) is -0.0133. The number of alkyl halides is 3. The predicted molar refractivity (Wildman–Crippen MR) is 65.8 cm³/mol. The van der Waals surface area contributed by atoms with Gasteiger partial charge in [0.05, 0.1) is 6.61 Å². The van der Waals surface area contributed by atoms with Crippen molar-refractivity contribution in [1.29, 1.82) is 0 Å². The van der Waals surface area contributed by atoms with Crippen LogP contribution in [0.15, 0.2) is 12.1 Å². The molecule has 0 bridgehead atoms. The van der Waals surface area contributed by atoms with Gasteiger partial charge in [-0.2, -0.15) is 13.2 Å². The lowest BCUT2D eigenvalue weighted by molar-refractivity contribution is -0.160. The molecular weight excluding hydrogens is 310 g/mol. The average Bonchev–Trinajstić information content (AvgIpc) is 2.44. The van der Waals surface area contributed by atoms with Crippen molar-refractivity contribution >= 4 is 6.09 Å². The summed E-state index contributed by atoms with van der Waals surface area (Å²) in [6, 6.07) is 2.52. The maximum atomic E-state index is 13.4. The van der Waals surface area contributed by atoms with E-state index in [4.69, 9.17) is 9.47 Å². The van der Waals surface area contributed by atoms with Crippen LogP contribution in [0.3, 0.4) is 0 Å². The third-order valence-corrected chi connectivity index (χ3v) is 2.78. The van der Waals surface area contributed by atoms with Crippen LogP contribution in [0.2, 0.25) is 0 Å². The van der Waals surface area contributed by atoms with E-state index in [0.717, 1.165) is 0 Å². The highest BCUT2D eigenvalue weighted by atomic mass is 19.4. The van der Waals surface area contributed by atoms with Crippen molar-refractivity contribution in [3.8, 4) is 5.75 Å². The molecule has 1 aliphatic heterocycles. The van der Waals surface area contributed by atoms with Gasteiger partial charge in [0.25, 0.3) is 0 Å². The lowest BCUT2D eigenvalue weighted by atomic mass is 10.1. The Labute approximate surface area is 123 Å². The SMILES string of the molecule is O=C(NCCc1cc(F)cc2c1OCOC2)OCC(F)(F)F. The van der Waals surface area contributed by atoms with E-state index in [9.17, 15) is 22.4 Å². The number of amides is 1. The zero-order chi connectivity index (χ0) is 16.2. The Morgan fingerprint density at radius 3 is 2.86 bits per heavy atom. The van der Waals surface area contributed by atoms with E-state index in [2.05, 4.69) is 10.1 Å². The lowest BCUT2D eigenvalue weighted by Crippen LogP contribution is -2.30. The Kier molecular flexibility index (Phi) is 5.07. The number of fused-ring (bicyclic) bond motifs is 1. The summed E-state index contributed by atoms with van der Waals surface area (Å²) in [5, 5.41) is 2.16. The molecule has 0 radical (unpaired) electrons. The second-order valence-corrected chi connectivity index (χ2v) is 4.53. The van der Waals surface area contributed by atoms with E-state index < -0.39 is 24.7 Å². The molecule has 1 N–H and O–H groups in total. The van der Waals surface area contributed by atoms with E-state index in [1.165, 1.54) is 12.1 Å². The summed E-state index contributed by atoms with van der Waals surface area (Å²) in [4.78, 5) is 11.1. The van der Waals surface area contributed by atoms with Crippen LogP contribution in [-0.4, -0.2) is 32.2 Å². The van der Waals surface area contributed by atoms with Crippen LogP contribution >= 0.6 is 0 Å². The zero-order valence-corrected chi connectivity index (χ0v) is 11.3. The molecular formula is C13H13F4NO4. The molecule has 1 heterocycles. The molecule has 0 spiro atoms. The summed E-state index contributed by atoms with van der Waals surface area (Å²) in [7, 11) is 0. The molecule has 1 aliphatic rings. The van der Waals surface area contributed by atoms with Gasteiger partial charge in [-0.1, -0.05) is 0 Å². The van der Waals surface area contributed by atoms with Gasteiger partial charge >= 0.3 is 12.3 Å². The van der Waals surface area contributed by atoms with Gasteiger partial charge in [0, 0.05) is 12.1 Å². The summed E-state index contributed by atoms with van der Waals surface area (Å²) >= 11 is 0. The number of alkyl carbamates (subject to hydrolysis) is 1. The van der Waals surface area contributed by atoms with Crippen molar-refractivity contribution in [3.63, 3.8) is 0 Å². The normalized spacial score (nSPS) is 14.0. The molecule has 1 amide bonds. The minimum Gasteiger partial charge on any atom is -0.467 e. The van der Waals surface area contributed by atoms with Gasteiger partial charge in [0.1, 0.15) is 11.6 Å². The highest BCUT2D eigenvalue weighted by molar-refractivity contribution is 5.67. The fraction of sp³-hybridized carbons (Fsp3) is 0.462. The highest BCUT2D eigenvalue weighted by Gasteiger charge is 2.29. The summed E-state index contributed by atoms with van der Waals surface area (Å²) in [6.45, 7) is -1.43. The second-order valence-electron chi connectivity index (χ2n) is 4.53. The standard InChI is InChI=1S/C13H13F4NO4/c14-10-3-8(11-9(4-10)5-20-7-22-11)1-2-18-12(19)21-6-13(15,16)17/h3-4H,1-2,5-7H2,(H,18,19). The van der Waals surface area contributed by atoms with Crippen LogP contribution in [0.4, 0.5) is 22.4 Å². The van der Waals surface area contributed by atoms with Crippen molar-refractivity contribution in [1.82, 2.24) is 5.32 Å². The van der Waals surface area contributed by atoms with Gasteiger partial charge in [0.2, 0.25) is 0 Å². The number of carbonyl (C=O) groups is 1. The Hall–Kier alpha value is -2.03. The number of benzene rings is 1. The lowest BCUT2D eigenvalue weighted by Gasteiger charge is -2.20. The Morgan fingerprint density at radius 2 is 2.14 bits per heavy atom. The molecule has 0 atom stereocenters. The van der Waals surface area contributed by atoms with Crippen molar-refractivity contribution < 1.29 is 36.6 Å². The third kappa shape index (κ3) is 4.76. The molecule has 5 nitrogen and oxygen atoms in total. The molecule has 0 fully saturated rings. The molecule has 0 saturated heterocycles. The van der Waals surface area contributed by atoms with E-state index in [1.807, 2.05) is 0 Å².